The lowest BCUT2D eigenvalue weighted by molar-refractivity contribution is -0.143. The normalized spacial score (nSPS) is 21.1. The number of benzene rings is 2. The third kappa shape index (κ3) is 5.48. The van der Waals surface area contributed by atoms with E-state index < -0.39 is 28.9 Å². The van der Waals surface area contributed by atoms with E-state index in [1.165, 1.54) is 4.90 Å². The van der Waals surface area contributed by atoms with Crippen LogP contribution >= 0.6 is 11.8 Å². The van der Waals surface area contributed by atoms with Crippen molar-refractivity contribution in [3.05, 3.63) is 70.8 Å². The van der Waals surface area contributed by atoms with Crippen LogP contribution < -0.4 is 0 Å². The Morgan fingerprint density at radius 3 is 2.00 bits per heavy atom. The highest BCUT2D eigenvalue weighted by atomic mass is 32.2. The van der Waals surface area contributed by atoms with Gasteiger partial charge < -0.3 is 4.90 Å². The van der Waals surface area contributed by atoms with E-state index >= 15 is 0 Å². The molecule has 2 aliphatic rings. The fourth-order valence-electron chi connectivity index (χ4n) is 4.41. The topological polar surface area (TPSA) is 23.6 Å². The predicted molar refractivity (Wildman–Crippen MR) is 113 cm³/mol. The van der Waals surface area contributed by atoms with Crippen molar-refractivity contribution in [2.45, 2.75) is 43.2 Å². The molecular formula is C23H22F6N2OS. The van der Waals surface area contributed by atoms with Gasteiger partial charge in [-0.3, -0.25) is 9.69 Å². The Labute approximate surface area is 191 Å². The zero-order valence-electron chi connectivity index (χ0n) is 17.5. The Bertz CT molecular complexity index is 954. The number of rotatable bonds is 4. The van der Waals surface area contributed by atoms with Crippen LogP contribution in [0.15, 0.2) is 48.5 Å². The van der Waals surface area contributed by atoms with Crippen molar-refractivity contribution in [2.24, 2.45) is 0 Å². The minimum atomic E-state index is -4.92. The molecule has 1 unspecified atom stereocenters. The van der Waals surface area contributed by atoms with Gasteiger partial charge in [0.2, 0.25) is 5.91 Å². The fourth-order valence-corrected chi connectivity index (χ4v) is 5.63. The molecule has 178 valence electrons. The molecule has 0 spiro atoms. The molecule has 0 N–H and O–H groups in total. The predicted octanol–water partition coefficient (Wildman–Crippen LogP) is 5.96. The highest BCUT2D eigenvalue weighted by Gasteiger charge is 2.42. The SMILES string of the molecule is O=C1CSC(c2cc(C(F)(F)F)cc(C(F)(F)F)c2)N1C1CCN(Cc2ccccc2)CC1. The van der Waals surface area contributed by atoms with Crippen molar-refractivity contribution in [3.63, 3.8) is 0 Å². The molecular weight excluding hydrogens is 466 g/mol. The lowest BCUT2D eigenvalue weighted by atomic mass is 9.99. The maximum absolute atomic E-state index is 13.3. The van der Waals surface area contributed by atoms with Crippen molar-refractivity contribution in [3.8, 4) is 0 Å². The van der Waals surface area contributed by atoms with E-state index in [-0.39, 0.29) is 29.3 Å². The van der Waals surface area contributed by atoms with Crippen LogP contribution in [0.25, 0.3) is 0 Å². The summed E-state index contributed by atoms with van der Waals surface area (Å²) in [6, 6.07) is 11.3. The van der Waals surface area contributed by atoms with Crippen LogP contribution in [0.5, 0.6) is 0 Å². The molecule has 0 saturated carbocycles. The smallest absolute Gasteiger partial charge is 0.323 e. The van der Waals surface area contributed by atoms with Crippen LogP contribution in [0.3, 0.4) is 0 Å². The molecule has 3 nitrogen and oxygen atoms in total. The second-order valence-electron chi connectivity index (χ2n) is 8.30. The standard InChI is InChI=1S/C23H22F6N2OS/c24-22(25,26)17-10-16(11-18(12-17)23(27,28)29)21-31(20(32)14-33-21)19-6-8-30(9-7-19)13-15-4-2-1-3-5-15/h1-5,10-12,19,21H,6-9,13-14H2. The number of carbonyl (C=O) groups is 1. The van der Waals surface area contributed by atoms with Gasteiger partial charge in [0, 0.05) is 25.7 Å². The number of alkyl halides is 6. The summed E-state index contributed by atoms with van der Waals surface area (Å²) < 4.78 is 79.9. The third-order valence-corrected chi connectivity index (χ3v) is 7.23. The van der Waals surface area contributed by atoms with Crippen molar-refractivity contribution < 1.29 is 31.1 Å². The third-order valence-electron chi connectivity index (χ3n) is 6.00. The van der Waals surface area contributed by atoms with E-state index in [0.29, 0.717) is 25.9 Å². The molecule has 0 aliphatic carbocycles. The van der Waals surface area contributed by atoms with Gasteiger partial charge in [-0.25, -0.2) is 0 Å². The van der Waals surface area contributed by atoms with Gasteiger partial charge in [-0.1, -0.05) is 30.3 Å². The second-order valence-corrected chi connectivity index (χ2v) is 9.37. The van der Waals surface area contributed by atoms with Crippen molar-refractivity contribution in [2.75, 3.05) is 18.8 Å². The van der Waals surface area contributed by atoms with Crippen molar-refractivity contribution in [1.82, 2.24) is 9.80 Å². The van der Waals surface area contributed by atoms with Gasteiger partial charge in [0.1, 0.15) is 5.37 Å². The number of carbonyl (C=O) groups excluding carboxylic acids is 1. The van der Waals surface area contributed by atoms with Gasteiger partial charge in [0.25, 0.3) is 0 Å². The molecule has 1 amide bonds. The number of halogens is 6. The molecule has 2 saturated heterocycles. The van der Waals surface area contributed by atoms with Crippen LogP contribution in [-0.2, 0) is 23.7 Å². The van der Waals surface area contributed by atoms with Gasteiger partial charge in [-0.05, 0) is 42.2 Å². The summed E-state index contributed by atoms with van der Waals surface area (Å²) in [5, 5.41) is -0.869. The quantitative estimate of drug-likeness (QED) is 0.496. The number of thioether (sulfide) groups is 1. The lowest BCUT2D eigenvalue weighted by Crippen LogP contribution is -2.46. The first-order valence-corrected chi connectivity index (χ1v) is 11.6. The van der Waals surface area contributed by atoms with E-state index in [4.69, 9.17) is 0 Å². The summed E-state index contributed by atoms with van der Waals surface area (Å²) in [5.74, 6) is -0.218. The van der Waals surface area contributed by atoms with Gasteiger partial charge in [0.15, 0.2) is 0 Å². The Kier molecular flexibility index (Phi) is 6.68. The Hall–Kier alpha value is -2.20. The van der Waals surface area contributed by atoms with E-state index in [9.17, 15) is 31.1 Å². The maximum Gasteiger partial charge on any atom is 0.416 e. The monoisotopic (exact) mass is 488 g/mol. The van der Waals surface area contributed by atoms with Crippen LogP contribution in [0.4, 0.5) is 26.3 Å². The summed E-state index contributed by atoms with van der Waals surface area (Å²) in [7, 11) is 0. The maximum atomic E-state index is 13.3. The molecule has 0 aromatic heterocycles. The van der Waals surface area contributed by atoms with Gasteiger partial charge >= 0.3 is 12.4 Å². The van der Waals surface area contributed by atoms with Gasteiger partial charge in [-0.15, -0.1) is 11.8 Å². The van der Waals surface area contributed by atoms with E-state index in [0.717, 1.165) is 36.0 Å². The summed E-state index contributed by atoms with van der Waals surface area (Å²) in [4.78, 5) is 16.4. The zero-order valence-corrected chi connectivity index (χ0v) is 18.3. The average Bonchev–Trinajstić information content (AvgIpc) is 3.15. The first kappa shape index (κ1) is 23.9. The second kappa shape index (κ2) is 9.21. The number of piperidine rings is 1. The Morgan fingerprint density at radius 2 is 1.45 bits per heavy atom. The molecule has 33 heavy (non-hydrogen) atoms. The van der Waals surface area contributed by atoms with Crippen LogP contribution in [0.1, 0.15) is 40.5 Å². The van der Waals surface area contributed by atoms with Gasteiger partial charge in [-0.2, -0.15) is 26.3 Å². The minimum absolute atomic E-state index is 0.0342. The number of nitrogens with zero attached hydrogens (tertiary/aromatic N) is 2. The Morgan fingerprint density at radius 1 is 0.879 bits per heavy atom. The number of amides is 1. The van der Waals surface area contributed by atoms with Crippen molar-refractivity contribution >= 4 is 17.7 Å². The number of likely N-dealkylation sites (tertiary alicyclic amines) is 1. The summed E-state index contributed by atoms with van der Waals surface area (Å²) >= 11 is 1.08. The highest BCUT2D eigenvalue weighted by molar-refractivity contribution is 8.00. The lowest BCUT2D eigenvalue weighted by Gasteiger charge is -2.39. The first-order valence-electron chi connectivity index (χ1n) is 10.5. The zero-order chi connectivity index (χ0) is 23.8. The molecule has 1 atom stereocenters. The van der Waals surface area contributed by atoms with Crippen LogP contribution in [-0.4, -0.2) is 40.6 Å². The highest BCUT2D eigenvalue weighted by Crippen LogP contribution is 2.45. The molecule has 0 radical (unpaired) electrons. The van der Waals surface area contributed by atoms with Crippen LogP contribution in [0, 0.1) is 0 Å². The molecule has 0 bridgehead atoms. The summed E-state index contributed by atoms with van der Waals surface area (Å²) in [6.45, 7) is 2.14. The number of hydrogen-bond acceptors (Lipinski definition) is 3. The number of hydrogen-bond donors (Lipinski definition) is 0. The minimum Gasteiger partial charge on any atom is -0.323 e. The molecule has 10 heteroatoms. The van der Waals surface area contributed by atoms with Crippen LogP contribution in [0.2, 0.25) is 0 Å². The van der Waals surface area contributed by atoms with E-state index in [2.05, 4.69) is 4.90 Å². The van der Waals surface area contributed by atoms with Crippen molar-refractivity contribution in [1.29, 1.82) is 0 Å². The Balaban J connectivity index is 1.54. The molecule has 2 heterocycles. The summed E-state index contributed by atoms with van der Waals surface area (Å²) in [5.41, 5.74) is -1.69. The van der Waals surface area contributed by atoms with E-state index in [1.54, 1.807) is 0 Å². The molecule has 2 aliphatic heterocycles. The largest absolute Gasteiger partial charge is 0.416 e. The van der Waals surface area contributed by atoms with Gasteiger partial charge in [0.05, 0.1) is 16.9 Å². The fraction of sp³-hybridized carbons (Fsp3) is 0.435. The first-order chi connectivity index (χ1) is 15.5. The molecule has 2 aromatic carbocycles. The molecule has 2 fully saturated rings. The van der Waals surface area contributed by atoms with E-state index in [1.807, 2.05) is 30.3 Å². The molecule has 4 rings (SSSR count). The molecule has 2 aromatic rings. The summed E-state index contributed by atoms with van der Waals surface area (Å²) in [6.07, 6.45) is -8.62. The average molecular weight is 488 g/mol.